The maximum Gasteiger partial charge on any atom is 0.137 e. The molecule has 0 amide bonds. The molecule has 0 aliphatic rings. The summed E-state index contributed by atoms with van der Waals surface area (Å²) in [6.07, 6.45) is 5.71. The molecule has 5 heteroatoms. The van der Waals surface area contributed by atoms with Crippen molar-refractivity contribution < 1.29 is 5.11 Å². The van der Waals surface area contributed by atoms with Gasteiger partial charge in [-0.15, -0.1) is 0 Å². The number of hydrogen-bond acceptors (Lipinski definition) is 3. The molecule has 0 radical (unpaired) electrons. The van der Waals surface area contributed by atoms with E-state index in [-0.39, 0.29) is 12.0 Å². The lowest BCUT2D eigenvalue weighted by Gasteiger charge is -2.24. The van der Waals surface area contributed by atoms with Gasteiger partial charge in [-0.05, 0) is 30.4 Å². The number of aromatic nitrogens is 2. The first-order valence-corrected chi connectivity index (χ1v) is 7.33. The van der Waals surface area contributed by atoms with Crippen LogP contribution in [0.25, 0.3) is 5.65 Å². The van der Waals surface area contributed by atoms with Crippen LogP contribution in [0.2, 0.25) is 5.02 Å². The van der Waals surface area contributed by atoms with Gasteiger partial charge in [0.05, 0.1) is 10.7 Å². The molecular formula is C15H22ClN3O. The number of fused-ring (bicyclic) bond motifs is 1. The third-order valence-corrected chi connectivity index (χ3v) is 3.61. The van der Waals surface area contributed by atoms with Gasteiger partial charge >= 0.3 is 0 Å². The van der Waals surface area contributed by atoms with Crippen LogP contribution in [0.3, 0.4) is 0 Å². The highest BCUT2D eigenvalue weighted by Gasteiger charge is 2.16. The number of imidazole rings is 1. The van der Waals surface area contributed by atoms with E-state index < -0.39 is 0 Å². The first-order valence-electron chi connectivity index (χ1n) is 6.95. The summed E-state index contributed by atoms with van der Waals surface area (Å²) in [5.74, 6) is 0. The smallest absolute Gasteiger partial charge is 0.137 e. The Hall–Kier alpha value is -1.10. The van der Waals surface area contributed by atoms with E-state index in [9.17, 15) is 0 Å². The summed E-state index contributed by atoms with van der Waals surface area (Å²) in [6, 6.07) is 3.76. The fraction of sp³-hybridized carbons (Fsp3) is 0.533. The topological polar surface area (TPSA) is 49.6 Å². The highest BCUT2D eigenvalue weighted by Crippen LogP contribution is 2.21. The van der Waals surface area contributed by atoms with Crippen LogP contribution < -0.4 is 5.32 Å². The predicted octanol–water partition coefficient (Wildman–Crippen LogP) is 2.88. The maximum atomic E-state index is 8.89. The monoisotopic (exact) mass is 295 g/mol. The second-order valence-electron chi connectivity index (χ2n) is 5.94. The lowest BCUT2D eigenvalue weighted by atomic mass is 9.88. The minimum atomic E-state index is 0.186. The number of halogens is 1. The third kappa shape index (κ3) is 4.20. The van der Waals surface area contributed by atoms with Gasteiger partial charge in [0.15, 0.2) is 0 Å². The van der Waals surface area contributed by atoms with Gasteiger partial charge in [-0.3, -0.25) is 0 Å². The Balaban J connectivity index is 1.89. The summed E-state index contributed by atoms with van der Waals surface area (Å²) in [4.78, 5) is 4.54. The number of aliphatic hydroxyl groups excluding tert-OH is 1. The molecule has 2 rings (SSSR count). The van der Waals surface area contributed by atoms with Gasteiger partial charge < -0.3 is 14.8 Å². The van der Waals surface area contributed by atoms with Gasteiger partial charge in [0.25, 0.3) is 0 Å². The van der Waals surface area contributed by atoms with E-state index in [0.29, 0.717) is 5.02 Å². The zero-order valence-corrected chi connectivity index (χ0v) is 12.8. The standard InChI is InChI=1S/C15H22ClN3O/c1-15(2,6-3-7-20)11-17-8-13-10-19-9-12(16)4-5-14(19)18-13/h4-5,9-10,17,20H,3,6-8,11H2,1-2H3. The molecule has 2 aromatic rings. The van der Waals surface area contributed by atoms with Crippen molar-refractivity contribution >= 4 is 17.2 Å². The van der Waals surface area contributed by atoms with E-state index in [1.165, 1.54) is 0 Å². The summed E-state index contributed by atoms with van der Waals surface area (Å²) in [7, 11) is 0. The van der Waals surface area contributed by atoms with Crippen molar-refractivity contribution in [1.82, 2.24) is 14.7 Å². The van der Waals surface area contributed by atoms with Gasteiger partial charge in [0.2, 0.25) is 0 Å². The van der Waals surface area contributed by atoms with Crippen molar-refractivity contribution in [1.29, 1.82) is 0 Å². The SMILES string of the molecule is CC(C)(CCCO)CNCc1cn2cc(Cl)ccc2n1. The Labute approximate surface area is 124 Å². The van der Waals surface area contributed by atoms with E-state index in [2.05, 4.69) is 24.1 Å². The van der Waals surface area contributed by atoms with Crippen molar-refractivity contribution in [3.63, 3.8) is 0 Å². The molecule has 2 heterocycles. The number of nitrogens with zero attached hydrogens (tertiary/aromatic N) is 2. The zero-order chi connectivity index (χ0) is 14.6. The van der Waals surface area contributed by atoms with Crippen LogP contribution in [0.4, 0.5) is 0 Å². The Kier molecular flexibility index (Phi) is 5.02. The molecule has 2 N–H and O–H groups in total. The minimum absolute atomic E-state index is 0.186. The van der Waals surface area contributed by atoms with Crippen LogP contribution in [-0.2, 0) is 6.54 Å². The molecular weight excluding hydrogens is 274 g/mol. The average molecular weight is 296 g/mol. The summed E-state index contributed by atoms with van der Waals surface area (Å²) in [5.41, 5.74) is 2.10. The maximum absolute atomic E-state index is 8.89. The number of pyridine rings is 1. The number of aliphatic hydroxyl groups is 1. The second kappa shape index (κ2) is 6.57. The van der Waals surface area contributed by atoms with Crippen LogP contribution >= 0.6 is 11.6 Å². The molecule has 4 nitrogen and oxygen atoms in total. The van der Waals surface area contributed by atoms with E-state index >= 15 is 0 Å². The van der Waals surface area contributed by atoms with E-state index in [0.717, 1.165) is 37.3 Å². The number of hydrogen-bond donors (Lipinski definition) is 2. The van der Waals surface area contributed by atoms with Gasteiger partial charge in [-0.2, -0.15) is 0 Å². The first-order chi connectivity index (χ1) is 9.50. The van der Waals surface area contributed by atoms with Gasteiger partial charge in [0.1, 0.15) is 5.65 Å². The molecule has 0 fully saturated rings. The molecule has 0 aliphatic carbocycles. The zero-order valence-electron chi connectivity index (χ0n) is 12.1. The third-order valence-electron chi connectivity index (χ3n) is 3.39. The Bertz CT molecular complexity index is 565. The van der Waals surface area contributed by atoms with Gasteiger partial charge in [0, 0.05) is 32.1 Å². The van der Waals surface area contributed by atoms with Gasteiger partial charge in [-0.1, -0.05) is 25.4 Å². The molecule has 0 saturated heterocycles. The van der Waals surface area contributed by atoms with Crippen molar-refractivity contribution in [3.8, 4) is 0 Å². The first kappa shape index (κ1) is 15.3. The lowest BCUT2D eigenvalue weighted by molar-refractivity contribution is 0.236. The van der Waals surface area contributed by atoms with E-state index in [1.807, 2.05) is 28.9 Å². The van der Waals surface area contributed by atoms with E-state index in [1.54, 1.807) is 0 Å². The molecule has 0 atom stereocenters. The molecule has 110 valence electrons. The second-order valence-corrected chi connectivity index (χ2v) is 6.38. The Morgan fingerprint density at radius 1 is 1.35 bits per heavy atom. The van der Waals surface area contributed by atoms with Crippen molar-refractivity contribution in [3.05, 3.63) is 35.2 Å². The fourth-order valence-electron chi connectivity index (χ4n) is 2.28. The normalized spacial score (nSPS) is 12.2. The fourth-order valence-corrected chi connectivity index (χ4v) is 2.45. The molecule has 0 aliphatic heterocycles. The van der Waals surface area contributed by atoms with Crippen molar-refractivity contribution in [2.75, 3.05) is 13.2 Å². The highest BCUT2D eigenvalue weighted by molar-refractivity contribution is 6.30. The summed E-state index contributed by atoms with van der Waals surface area (Å²) in [6.45, 7) is 6.32. The van der Waals surface area contributed by atoms with Crippen LogP contribution in [0.5, 0.6) is 0 Å². The van der Waals surface area contributed by atoms with Crippen LogP contribution in [0, 0.1) is 5.41 Å². The van der Waals surface area contributed by atoms with Crippen molar-refractivity contribution in [2.24, 2.45) is 5.41 Å². The van der Waals surface area contributed by atoms with Crippen LogP contribution in [0.15, 0.2) is 24.5 Å². The lowest BCUT2D eigenvalue weighted by Crippen LogP contribution is -2.29. The Morgan fingerprint density at radius 3 is 2.90 bits per heavy atom. The van der Waals surface area contributed by atoms with Crippen molar-refractivity contribution in [2.45, 2.75) is 33.2 Å². The molecule has 20 heavy (non-hydrogen) atoms. The minimum Gasteiger partial charge on any atom is -0.396 e. The Morgan fingerprint density at radius 2 is 2.15 bits per heavy atom. The van der Waals surface area contributed by atoms with Gasteiger partial charge in [-0.25, -0.2) is 4.98 Å². The van der Waals surface area contributed by atoms with Crippen LogP contribution in [-0.4, -0.2) is 27.6 Å². The largest absolute Gasteiger partial charge is 0.396 e. The molecule has 0 spiro atoms. The summed E-state index contributed by atoms with van der Waals surface area (Å²) >= 11 is 5.96. The summed E-state index contributed by atoms with van der Waals surface area (Å²) < 4.78 is 1.94. The van der Waals surface area contributed by atoms with E-state index in [4.69, 9.17) is 16.7 Å². The molecule has 0 bridgehead atoms. The number of nitrogens with one attached hydrogen (secondary N) is 1. The highest BCUT2D eigenvalue weighted by atomic mass is 35.5. The van der Waals surface area contributed by atoms with Crippen LogP contribution in [0.1, 0.15) is 32.4 Å². The molecule has 0 saturated carbocycles. The molecule has 0 unspecified atom stereocenters. The average Bonchev–Trinajstić information content (AvgIpc) is 2.78. The quantitative estimate of drug-likeness (QED) is 0.826. The number of rotatable bonds is 7. The predicted molar refractivity (Wildman–Crippen MR) is 82.0 cm³/mol. The molecule has 2 aromatic heterocycles. The summed E-state index contributed by atoms with van der Waals surface area (Å²) in [5, 5.41) is 13.0. The molecule has 0 aromatic carbocycles.